The van der Waals surface area contributed by atoms with Crippen LogP contribution in [0, 0.1) is 5.92 Å². The zero-order valence-corrected chi connectivity index (χ0v) is 18.1. The monoisotopic (exact) mass is 412 g/mol. The van der Waals surface area contributed by atoms with Gasteiger partial charge in [-0.25, -0.2) is 0 Å². The molecular weight excluding hydrogens is 380 g/mol. The van der Waals surface area contributed by atoms with Gasteiger partial charge in [0.1, 0.15) is 11.9 Å². The first kappa shape index (κ1) is 20.5. The molecule has 30 heavy (non-hydrogen) atoms. The number of benzene rings is 1. The highest BCUT2D eigenvalue weighted by Gasteiger charge is 2.27. The topological polar surface area (TPSA) is 67.2 Å². The molecule has 0 amide bonds. The Bertz CT molecular complexity index is 867. The van der Waals surface area contributed by atoms with Crippen LogP contribution in [0.25, 0.3) is 0 Å². The summed E-state index contributed by atoms with van der Waals surface area (Å²) in [5, 5.41) is 7.87. The molecule has 2 saturated heterocycles. The fraction of sp³-hybridized carbons (Fsp3) is 0.545. The van der Waals surface area contributed by atoms with Crippen LogP contribution in [0.1, 0.15) is 18.1 Å². The smallest absolute Gasteiger partial charge is 0.193 e. The maximum absolute atomic E-state index is 5.97. The number of methoxy groups -OCH3 is 1. The number of guanidine groups is 1. The number of anilines is 1. The van der Waals surface area contributed by atoms with Gasteiger partial charge in [-0.1, -0.05) is 12.1 Å². The van der Waals surface area contributed by atoms with E-state index in [0.717, 1.165) is 56.4 Å². The highest BCUT2D eigenvalue weighted by Crippen LogP contribution is 2.31. The molecule has 0 aliphatic carbocycles. The minimum absolute atomic E-state index is 0.0264. The number of rotatable bonds is 5. The van der Waals surface area contributed by atoms with Crippen molar-refractivity contribution in [2.45, 2.75) is 12.5 Å². The molecule has 4 rings (SSSR count). The van der Waals surface area contributed by atoms with Gasteiger partial charge in [-0.2, -0.15) is 5.10 Å². The molecule has 8 heteroatoms. The molecule has 3 heterocycles. The lowest BCUT2D eigenvalue weighted by Crippen LogP contribution is -2.49. The Balaban J connectivity index is 1.31. The van der Waals surface area contributed by atoms with Crippen LogP contribution >= 0.6 is 0 Å². The van der Waals surface area contributed by atoms with Crippen LogP contribution in [-0.2, 0) is 11.8 Å². The summed E-state index contributed by atoms with van der Waals surface area (Å²) in [6, 6.07) is 8.25. The lowest BCUT2D eigenvalue weighted by molar-refractivity contribution is -0.00806. The van der Waals surface area contributed by atoms with Crippen LogP contribution in [0.15, 0.2) is 41.7 Å². The Morgan fingerprint density at radius 2 is 2.17 bits per heavy atom. The van der Waals surface area contributed by atoms with Crippen molar-refractivity contribution in [1.82, 2.24) is 20.0 Å². The van der Waals surface area contributed by atoms with Gasteiger partial charge in [0.25, 0.3) is 0 Å². The molecule has 8 nitrogen and oxygen atoms in total. The van der Waals surface area contributed by atoms with Crippen molar-refractivity contribution in [3.63, 3.8) is 0 Å². The number of morpholine rings is 1. The first-order valence-corrected chi connectivity index (χ1v) is 10.6. The maximum Gasteiger partial charge on any atom is 0.193 e. The third kappa shape index (κ3) is 4.53. The summed E-state index contributed by atoms with van der Waals surface area (Å²) in [4.78, 5) is 9.24. The van der Waals surface area contributed by atoms with Crippen LogP contribution in [0.4, 0.5) is 5.69 Å². The van der Waals surface area contributed by atoms with Crippen molar-refractivity contribution < 1.29 is 9.47 Å². The molecule has 2 aromatic rings. The van der Waals surface area contributed by atoms with Gasteiger partial charge in [0, 0.05) is 52.0 Å². The fourth-order valence-electron chi connectivity index (χ4n) is 4.33. The van der Waals surface area contributed by atoms with Crippen LogP contribution in [0.2, 0.25) is 0 Å². The number of nitrogens with one attached hydrogen (secondary N) is 1. The molecule has 2 atom stereocenters. The summed E-state index contributed by atoms with van der Waals surface area (Å²) in [6.07, 6.45) is 5.09. The first-order chi connectivity index (χ1) is 14.7. The predicted octanol–water partition coefficient (Wildman–Crippen LogP) is 1.90. The third-order valence-corrected chi connectivity index (χ3v) is 5.93. The van der Waals surface area contributed by atoms with Crippen molar-refractivity contribution in [3.05, 3.63) is 42.2 Å². The van der Waals surface area contributed by atoms with E-state index in [9.17, 15) is 0 Å². The average Bonchev–Trinajstić information content (AvgIpc) is 3.43. The Hall–Kier alpha value is -2.74. The quantitative estimate of drug-likeness (QED) is 0.598. The number of hydrogen-bond acceptors (Lipinski definition) is 5. The molecule has 2 unspecified atom stereocenters. The van der Waals surface area contributed by atoms with Crippen molar-refractivity contribution in [2.75, 3.05) is 58.4 Å². The number of aryl methyl sites for hydroxylation is 1. The fourth-order valence-corrected chi connectivity index (χ4v) is 4.33. The van der Waals surface area contributed by atoms with E-state index in [0.29, 0.717) is 12.5 Å². The number of nitrogens with zero attached hydrogens (tertiary/aromatic N) is 5. The van der Waals surface area contributed by atoms with Crippen LogP contribution < -0.4 is 15.0 Å². The molecule has 1 N–H and O–H groups in total. The first-order valence-electron chi connectivity index (χ1n) is 10.6. The summed E-state index contributed by atoms with van der Waals surface area (Å²) in [7, 11) is 5.52. The van der Waals surface area contributed by atoms with E-state index in [1.54, 1.807) is 7.11 Å². The zero-order chi connectivity index (χ0) is 20.9. The Morgan fingerprint density at radius 1 is 1.30 bits per heavy atom. The lowest BCUT2D eigenvalue weighted by atomic mass is 10.1. The van der Waals surface area contributed by atoms with Gasteiger partial charge in [-0.05, 0) is 24.5 Å². The Morgan fingerprint density at radius 3 is 2.93 bits per heavy atom. The van der Waals surface area contributed by atoms with Gasteiger partial charge in [-0.15, -0.1) is 0 Å². The van der Waals surface area contributed by atoms with Gasteiger partial charge in [0.15, 0.2) is 5.96 Å². The second-order valence-electron chi connectivity index (χ2n) is 7.95. The van der Waals surface area contributed by atoms with E-state index in [2.05, 4.69) is 37.3 Å². The minimum atomic E-state index is 0.0264. The predicted molar refractivity (Wildman–Crippen MR) is 118 cm³/mol. The Kier molecular flexibility index (Phi) is 6.42. The SMILES string of the molecule is CN=C(NCC1CCN(c2ccccc2OC)C1)N1CCOC(c2cnn(C)c2)C1. The molecule has 0 bridgehead atoms. The standard InChI is InChI=1S/C22H32N6O2/c1-23-22(28-10-11-30-21(16-28)18-13-25-26(2)15-18)24-12-17-8-9-27(14-17)19-6-4-5-7-20(19)29-3/h4-7,13,15,17,21H,8-12,14,16H2,1-3H3,(H,23,24). The van der Waals surface area contributed by atoms with Gasteiger partial charge in [-0.3, -0.25) is 9.67 Å². The number of aromatic nitrogens is 2. The molecule has 0 saturated carbocycles. The molecule has 0 spiro atoms. The molecular formula is C22H32N6O2. The number of ether oxygens (including phenoxy) is 2. The average molecular weight is 413 g/mol. The van der Waals surface area contributed by atoms with Crippen LogP contribution in [0.5, 0.6) is 5.75 Å². The molecule has 0 radical (unpaired) electrons. The lowest BCUT2D eigenvalue weighted by Gasteiger charge is -2.35. The molecule has 2 fully saturated rings. The largest absolute Gasteiger partial charge is 0.495 e. The number of aliphatic imine (C=N–C) groups is 1. The number of para-hydroxylation sites is 2. The van der Waals surface area contributed by atoms with E-state index < -0.39 is 0 Å². The summed E-state index contributed by atoms with van der Waals surface area (Å²) in [6.45, 7) is 5.29. The van der Waals surface area contributed by atoms with Gasteiger partial charge >= 0.3 is 0 Å². The van der Waals surface area contributed by atoms with Crippen molar-refractivity contribution in [1.29, 1.82) is 0 Å². The van der Waals surface area contributed by atoms with E-state index in [1.807, 2.05) is 43.3 Å². The maximum atomic E-state index is 5.97. The normalized spacial score (nSPS) is 22.4. The van der Waals surface area contributed by atoms with Crippen molar-refractivity contribution in [3.8, 4) is 5.75 Å². The summed E-state index contributed by atoms with van der Waals surface area (Å²) < 4.78 is 13.3. The minimum Gasteiger partial charge on any atom is -0.495 e. The van der Waals surface area contributed by atoms with Crippen molar-refractivity contribution in [2.24, 2.45) is 18.0 Å². The number of hydrogen-bond donors (Lipinski definition) is 1. The van der Waals surface area contributed by atoms with Gasteiger partial charge < -0.3 is 24.6 Å². The summed E-state index contributed by atoms with van der Waals surface area (Å²) in [5.41, 5.74) is 2.29. The van der Waals surface area contributed by atoms with E-state index in [1.165, 1.54) is 5.69 Å². The van der Waals surface area contributed by atoms with Crippen LogP contribution in [-0.4, -0.2) is 74.1 Å². The van der Waals surface area contributed by atoms with Crippen LogP contribution in [0.3, 0.4) is 0 Å². The van der Waals surface area contributed by atoms with Gasteiger partial charge in [0.05, 0.1) is 32.1 Å². The van der Waals surface area contributed by atoms with E-state index >= 15 is 0 Å². The second-order valence-corrected chi connectivity index (χ2v) is 7.95. The summed E-state index contributed by atoms with van der Waals surface area (Å²) in [5.74, 6) is 2.46. The Labute approximate surface area is 178 Å². The zero-order valence-electron chi connectivity index (χ0n) is 18.1. The van der Waals surface area contributed by atoms with Crippen molar-refractivity contribution >= 4 is 11.6 Å². The second kappa shape index (κ2) is 9.38. The molecule has 2 aliphatic heterocycles. The molecule has 2 aliphatic rings. The van der Waals surface area contributed by atoms with Gasteiger partial charge in [0.2, 0.25) is 0 Å². The third-order valence-electron chi connectivity index (χ3n) is 5.93. The summed E-state index contributed by atoms with van der Waals surface area (Å²) >= 11 is 0. The molecule has 1 aromatic heterocycles. The van der Waals surface area contributed by atoms with E-state index in [-0.39, 0.29) is 6.10 Å². The molecule has 162 valence electrons. The highest BCUT2D eigenvalue weighted by molar-refractivity contribution is 5.80. The highest BCUT2D eigenvalue weighted by atomic mass is 16.5. The van der Waals surface area contributed by atoms with E-state index in [4.69, 9.17) is 9.47 Å². The molecule has 1 aromatic carbocycles.